The Morgan fingerprint density at radius 3 is 2.75 bits per heavy atom. The zero-order valence-electron chi connectivity index (χ0n) is 9.03. The molecule has 0 unspecified atom stereocenters. The van der Waals surface area contributed by atoms with E-state index in [9.17, 15) is 4.79 Å². The highest BCUT2D eigenvalue weighted by Crippen LogP contribution is 2.31. The number of benzene rings is 1. The zero-order chi connectivity index (χ0) is 11.7. The molecule has 0 saturated heterocycles. The summed E-state index contributed by atoms with van der Waals surface area (Å²) >= 11 is 3.38. The van der Waals surface area contributed by atoms with Gasteiger partial charge in [-0.05, 0) is 41.1 Å². The molecule has 0 aromatic heterocycles. The van der Waals surface area contributed by atoms with Crippen molar-refractivity contribution in [1.29, 1.82) is 0 Å². The molecule has 0 fully saturated rings. The normalized spacial score (nSPS) is 15.3. The van der Waals surface area contributed by atoms with Gasteiger partial charge in [0.2, 0.25) is 0 Å². The van der Waals surface area contributed by atoms with Crippen molar-refractivity contribution < 1.29 is 9.53 Å². The predicted molar refractivity (Wildman–Crippen MR) is 65.9 cm³/mol. The van der Waals surface area contributed by atoms with Gasteiger partial charge in [-0.2, -0.15) is 5.10 Å². The summed E-state index contributed by atoms with van der Waals surface area (Å²) in [7, 11) is 1.60. The minimum atomic E-state index is -0.00503. The first-order chi connectivity index (χ1) is 7.61. The maximum Gasteiger partial charge on any atom is 0.253 e. The van der Waals surface area contributed by atoms with E-state index in [0.717, 1.165) is 21.6 Å². The lowest BCUT2D eigenvalue weighted by Gasteiger charge is -2.13. The number of nitrogens with zero attached hydrogens (tertiary/aromatic N) is 2. The third-order valence-electron chi connectivity index (χ3n) is 2.29. The number of hydrazone groups is 1. The maximum atomic E-state index is 11.6. The molecule has 0 N–H and O–H groups in total. The van der Waals surface area contributed by atoms with Crippen molar-refractivity contribution in [2.45, 2.75) is 13.3 Å². The van der Waals surface area contributed by atoms with Gasteiger partial charge in [-0.1, -0.05) is 0 Å². The SMILES string of the molecule is COc1ccc(N2N=C(C)CC2=O)cc1Br. The van der Waals surface area contributed by atoms with Gasteiger partial charge < -0.3 is 4.74 Å². The molecular weight excluding hydrogens is 272 g/mol. The van der Waals surface area contributed by atoms with Gasteiger partial charge in [0, 0.05) is 5.71 Å². The molecule has 0 atom stereocenters. The molecule has 1 aliphatic rings. The van der Waals surface area contributed by atoms with Crippen molar-refractivity contribution in [3.05, 3.63) is 22.7 Å². The van der Waals surface area contributed by atoms with E-state index in [1.165, 1.54) is 5.01 Å². The van der Waals surface area contributed by atoms with Crippen LogP contribution in [0.15, 0.2) is 27.8 Å². The number of amides is 1. The van der Waals surface area contributed by atoms with Crippen molar-refractivity contribution in [3.8, 4) is 5.75 Å². The fraction of sp³-hybridized carbons (Fsp3) is 0.273. The van der Waals surface area contributed by atoms with Crippen LogP contribution < -0.4 is 9.75 Å². The highest BCUT2D eigenvalue weighted by Gasteiger charge is 2.23. The summed E-state index contributed by atoms with van der Waals surface area (Å²) in [5.41, 5.74) is 1.58. The van der Waals surface area contributed by atoms with E-state index in [1.807, 2.05) is 19.1 Å². The Labute approximate surface area is 102 Å². The molecule has 1 aliphatic heterocycles. The monoisotopic (exact) mass is 282 g/mol. The third-order valence-corrected chi connectivity index (χ3v) is 2.91. The maximum absolute atomic E-state index is 11.6. The van der Waals surface area contributed by atoms with Crippen LogP contribution in [0.3, 0.4) is 0 Å². The number of anilines is 1. The van der Waals surface area contributed by atoms with Gasteiger partial charge in [0.25, 0.3) is 5.91 Å². The fourth-order valence-corrected chi connectivity index (χ4v) is 2.07. The summed E-state index contributed by atoms with van der Waals surface area (Å²) in [6.07, 6.45) is 0.393. The molecule has 5 heteroatoms. The number of ether oxygens (including phenoxy) is 1. The van der Waals surface area contributed by atoms with Gasteiger partial charge in [-0.15, -0.1) is 0 Å². The van der Waals surface area contributed by atoms with Crippen molar-refractivity contribution in [2.75, 3.05) is 12.1 Å². The summed E-state index contributed by atoms with van der Waals surface area (Å²) < 4.78 is 5.93. The first kappa shape index (κ1) is 11.1. The highest BCUT2D eigenvalue weighted by atomic mass is 79.9. The van der Waals surface area contributed by atoms with Crippen LogP contribution in [0.1, 0.15) is 13.3 Å². The molecule has 1 amide bonds. The smallest absolute Gasteiger partial charge is 0.253 e. The topological polar surface area (TPSA) is 41.9 Å². The van der Waals surface area contributed by atoms with Gasteiger partial charge in [0.05, 0.1) is 23.7 Å². The average molecular weight is 283 g/mol. The van der Waals surface area contributed by atoms with Crippen LogP contribution in [0.5, 0.6) is 5.75 Å². The van der Waals surface area contributed by atoms with Crippen LogP contribution in [0.2, 0.25) is 0 Å². The lowest BCUT2D eigenvalue weighted by Crippen LogP contribution is -2.19. The number of carbonyl (C=O) groups excluding carboxylic acids is 1. The molecule has 0 bridgehead atoms. The Morgan fingerprint density at radius 1 is 1.50 bits per heavy atom. The first-order valence-electron chi connectivity index (χ1n) is 4.82. The van der Waals surface area contributed by atoms with Gasteiger partial charge in [-0.3, -0.25) is 4.79 Å². The first-order valence-corrected chi connectivity index (χ1v) is 5.61. The molecule has 0 saturated carbocycles. The number of rotatable bonds is 2. The van der Waals surface area contributed by atoms with Gasteiger partial charge in [0.1, 0.15) is 5.75 Å². The highest BCUT2D eigenvalue weighted by molar-refractivity contribution is 9.10. The molecular formula is C11H11BrN2O2. The average Bonchev–Trinajstić information content (AvgIpc) is 2.58. The number of methoxy groups -OCH3 is 1. The second-order valence-electron chi connectivity index (χ2n) is 3.54. The second-order valence-corrected chi connectivity index (χ2v) is 4.39. The molecule has 1 aromatic rings. The van der Waals surface area contributed by atoms with Crippen LogP contribution in [0.4, 0.5) is 5.69 Å². The van der Waals surface area contributed by atoms with Crippen molar-refractivity contribution in [2.24, 2.45) is 5.10 Å². The predicted octanol–water partition coefficient (Wildman–Crippen LogP) is 2.57. The van der Waals surface area contributed by atoms with E-state index < -0.39 is 0 Å². The van der Waals surface area contributed by atoms with E-state index in [4.69, 9.17) is 4.74 Å². The van der Waals surface area contributed by atoms with Crippen molar-refractivity contribution in [3.63, 3.8) is 0 Å². The summed E-state index contributed by atoms with van der Waals surface area (Å²) in [6.45, 7) is 1.84. The number of hydrogen-bond donors (Lipinski definition) is 0. The summed E-state index contributed by atoms with van der Waals surface area (Å²) in [4.78, 5) is 11.6. The molecule has 0 radical (unpaired) electrons. The Hall–Kier alpha value is -1.36. The van der Waals surface area contributed by atoms with E-state index in [2.05, 4.69) is 21.0 Å². The Balaban J connectivity index is 2.35. The van der Waals surface area contributed by atoms with Gasteiger partial charge >= 0.3 is 0 Å². The van der Waals surface area contributed by atoms with Crippen LogP contribution in [-0.2, 0) is 4.79 Å². The van der Waals surface area contributed by atoms with E-state index in [0.29, 0.717) is 6.42 Å². The van der Waals surface area contributed by atoms with Gasteiger partial charge in [0.15, 0.2) is 0 Å². The molecule has 0 spiro atoms. The van der Waals surface area contributed by atoms with Gasteiger partial charge in [-0.25, -0.2) is 5.01 Å². The lowest BCUT2D eigenvalue weighted by molar-refractivity contribution is -0.116. The van der Waals surface area contributed by atoms with E-state index in [-0.39, 0.29) is 5.91 Å². The molecule has 1 aromatic carbocycles. The Bertz CT molecular complexity index is 471. The third kappa shape index (κ3) is 1.95. The van der Waals surface area contributed by atoms with Crippen molar-refractivity contribution in [1.82, 2.24) is 0 Å². The lowest BCUT2D eigenvalue weighted by atomic mass is 10.2. The Kier molecular flexibility index (Phi) is 2.96. The molecule has 84 valence electrons. The fourth-order valence-electron chi connectivity index (χ4n) is 1.54. The molecule has 16 heavy (non-hydrogen) atoms. The minimum Gasteiger partial charge on any atom is -0.496 e. The summed E-state index contributed by atoms with van der Waals surface area (Å²) in [6, 6.07) is 5.43. The summed E-state index contributed by atoms with van der Waals surface area (Å²) in [5.74, 6) is 0.727. The van der Waals surface area contributed by atoms with Crippen LogP contribution in [0, 0.1) is 0 Å². The molecule has 4 nitrogen and oxygen atoms in total. The molecule has 0 aliphatic carbocycles. The molecule has 1 heterocycles. The second kappa shape index (κ2) is 4.25. The zero-order valence-corrected chi connectivity index (χ0v) is 10.6. The number of hydrogen-bond acceptors (Lipinski definition) is 3. The number of carbonyl (C=O) groups is 1. The minimum absolute atomic E-state index is 0.00503. The van der Waals surface area contributed by atoms with E-state index >= 15 is 0 Å². The number of halogens is 1. The largest absolute Gasteiger partial charge is 0.496 e. The summed E-state index contributed by atoms with van der Waals surface area (Å²) in [5, 5.41) is 5.59. The van der Waals surface area contributed by atoms with Crippen molar-refractivity contribution >= 4 is 33.2 Å². The van der Waals surface area contributed by atoms with Crippen LogP contribution >= 0.6 is 15.9 Å². The molecule has 2 rings (SSSR count). The van der Waals surface area contributed by atoms with Crippen LogP contribution in [0.25, 0.3) is 0 Å². The Morgan fingerprint density at radius 2 is 2.25 bits per heavy atom. The standard InChI is InChI=1S/C11H11BrN2O2/c1-7-5-11(15)14(13-7)8-3-4-10(16-2)9(12)6-8/h3-4,6H,5H2,1-2H3. The van der Waals surface area contributed by atoms with Crippen LogP contribution in [-0.4, -0.2) is 18.7 Å². The quantitative estimate of drug-likeness (QED) is 0.837. The van der Waals surface area contributed by atoms with E-state index in [1.54, 1.807) is 13.2 Å².